The highest BCUT2D eigenvalue weighted by molar-refractivity contribution is 5.65. The highest BCUT2D eigenvalue weighted by Gasteiger charge is 2.34. The van der Waals surface area contributed by atoms with Crippen LogP contribution >= 0.6 is 0 Å². The number of ether oxygens (including phenoxy) is 1. The molecule has 1 aromatic carbocycles. The topological polar surface area (TPSA) is 67.6 Å². The first-order chi connectivity index (χ1) is 12.7. The van der Waals surface area contributed by atoms with Gasteiger partial charge in [-0.05, 0) is 26.9 Å². The Kier molecular flexibility index (Phi) is 4.57. The molecule has 3 heterocycles. The summed E-state index contributed by atoms with van der Waals surface area (Å²) >= 11 is 0. The number of likely N-dealkylation sites (N-methyl/N-ethyl adjacent to an activating group) is 1. The van der Waals surface area contributed by atoms with Crippen molar-refractivity contribution in [3.8, 4) is 11.3 Å². The highest BCUT2D eigenvalue weighted by atomic mass is 16.5. The predicted molar refractivity (Wildman–Crippen MR) is 101 cm³/mol. The van der Waals surface area contributed by atoms with Gasteiger partial charge in [0.15, 0.2) is 0 Å². The Balaban J connectivity index is 1.66. The van der Waals surface area contributed by atoms with Crippen molar-refractivity contribution < 1.29 is 4.74 Å². The normalized spacial score (nSPS) is 16.9. The van der Waals surface area contributed by atoms with E-state index in [1.165, 1.54) is 0 Å². The van der Waals surface area contributed by atoms with Crippen molar-refractivity contribution in [2.75, 3.05) is 39.2 Å². The van der Waals surface area contributed by atoms with E-state index in [-0.39, 0.29) is 5.54 Å². The zero-order valence-electron chi connectivity index (χ0n) is 15.2. The SMILES string of the molecule is CN(C)C1(CNc2cc(-c3ccccc3)nc3ncnn23)CCOCC1. The van der Waals surface area contributed by atoms with Crippen molar-refractivity contribution in [2.45, 2.75) is 18.4 Å². The molecule has 0 amide bonds. The predicted octanol–water partition coefficient (Wildman–Crippen LogP) is 2.31. The van der Waals surface area contributed by atoms with E-state index in [4.69, 9.17) is 4.74 Å². The molecule has 1 saturated heterocycles. The molecule has 0 atom stereocenters. The first-order valence-electron chi connectivity index (χ1n) is 8.93. The first-order valence-corrected chi connectivity index (χ1v) is 8.93. The maximum absolute atomic E-state index is 5.57. The fourth-order valence-electron chi connectivity index (χ4n) is 3.48. The average Bonchev–Trinajstić information content (AvgIpc) is 3.16. The molecule has 0 bridgehead atoms. The van der Waals surface area contributed by atoms with Crippen LogP contribution in [0.15, 0.2) is 42.7 Å². The van der Waals surface area contributed by atoms with E-state index < -0.39 is 0 Å². The molecule has 3 aromatic rings. The molecule has 7 heteroatoms. The van der Waals surface area contributed by atoms with Crippen LogP contribution in [0.25, 0.3) is 17.0 Å². The number of aromatic nitrogens is 4. The van der Waals surface area contributed by atoms with Crippen LogP contribution in [0.1, 0.15) is 12.8 Å². The van der Waals surface area contributed by atoms with Crippen LogP contribution in [0.5, 0.6) is 0 Å². The zero-order valence-corrected chi connectivity index (χ0v) is 15.2. The summed E-state index contributed by atoms with van der Waals surface area (Å²) in [6.07, 6.45) is 3.55. The Labute approximate surface area is 153 Å². The Hall–Kier alpha value is -2.51. The van der Waals surface area contributed by atoms with Gasteiger partial charge >= 0.3 is 0 Å². The van der Waals surface area contributed by atoms with Gasteiger partial charge in [0.2, 0.25) is 0 Å². The number of benzene rings is 1. The molecule has 136 valence electrons. The van der Waals surface area contributed by atoms with E-state index in [0.29, 0.717) is 5.78 Å². The number of anilines is 1. The number of fused-ring (bicyclic) bond motifs is 1. The van der Waals surface area contributed by atoms with Gasteiger partial charge in [0.1, 0.15) is 12.1 Å². The van der Waals surface area contributed by atoms with E-state index in [1.54, 1.807) is 10.8 Å². The van der Waals surface area contributed by atoms with E-state index in [0.717, 1.165) is 49.7 Å². The largest absolute Gasteiger partial charge is 0.381 e. The molecular formula is C19H24N6O. The lowest BCUT2D eigenvalue weighted by Crippen LogP contribution is -2.53. The van der Waals surface area contributed by atoms with Crippen molar-refractivity contribution in [1.82, 2.24) is 24.5 Å². The molecular weight excluding hydrogens is 328 g/mol. The van der Waals surface area contributed by atoms with Crippen LogP contribution in [0.4, 0.5) is 5.82 Å². The van der Waals surface area contributed by atoms with Gasteiger partial charge in [0.25, 0.3) is 5.78 Å². The van der Waals surface area contributed by atoms with Crippen LogP contribution < -0.4 is 5.32 Å². The third-order valence-electron chi connectivity index (χ3n) is 5.29. The van der Waals surface area contributed by atoms with Crippen LogP contribution in [0.2, 0.25) is 0 Å². The maximum Gasteiger partial charge on any atom is 0.254 e. The standard InChI is InChI=1S/C19H24N6O/c1-24(2)19(8-10-26-11-9-19)13-20-17-12-16(15-6-4-3-5-7-15)23-18-21-14-22-25(17)18/h3-7,12,14,20H,8-11,13H2,1-2H3. The minimum Gasteiger partial charge on any atom is -0.381 e. The van der Waals surface area contributed by atoms with Gasteiger partial charge in [0, 0.05) is 36.9 Å². The third kappa shape index (κ3) is 3.15. The van der Waals surface area contributed by atoms with Crippen molar-refractivity contribution in [1.29, 1.82) is 0 Å². The van der Waals surface area contributed by atoms with E-state index in [1.807, 2.05) is 24.3 Å². The van der Waals surface area contributed by atoms with Gasteiger partial charge in [-0.3, -0.25) is 0 Å². The Bertz CT molecular complexity index is 870. The molecule has 0 spiro atoms. The van der Waals surface area contributed by atoms with Gasteiger partial charge in [-0.2, -0.15) is 14.6 Å². The molecule has 0 aliphatic carbocycles. The molecule has 0 saturated carbocycles. The minimum absolute atomic E-state index is 0.0708. The molecule has 26 heavy (non-hydrogen) atoms. The van der Waals surface area contributed by atoms with Gasteiger partial charge in [0.05, 0.1) is 5.69 Å². The average molecular weight is 352 g/mol. The van der Waals surface area contributed by atoms with Crippen molar-refractivity contribution in [2.24, 2.45) is 0 Å². The zero-order chi connectivity index (χ0) is 18.0. The summed E-state index contributed by atoms with van der Waals surface area (Å²) in [6.45, 7) is 2.41. The second-order valence-electron chi connectivity index (χ2n) is 6.95. The summed E-state index contributed by atoms with van der Waals surface area (Å²) in [5.74, 6) is 1.50. The second-order valence-corrected chi connectivity index (χ2v) is 6.95. The lowest BCUT2D eigenvalue weighted by atomic mass is 9.88. The Morgan fingerprint density at radius 2 is 1.96 bits per heavy atom. The number of hydrogen-bond donors (Lipinski definition) is 1. The van der Waals surface area contributed by atoms with Crippen molar-refractivity contribution >= 4 is 11.6 Å². The smallest absolute Gasteiger partial charge is 0.254 e. The number of hydrogen-bond acceptors (Lipinski definition) is 6. The van der Waals surface area contributed by atoms with Crippen molar-refractivity contribution in [3.05, 3.63) is 42.7 Å². The van der Waals surface area contributed by atoms with Crippen LogP contribution in [0.3, 0.4) is 0 Å². The molecule has 1 aliphatic rings. The molecule has 0 unspecified atom stereocenters. The number of rotatable bonds is 5. The van der Waals surface area contributed by atoms with E-state index >= 15 is 0 Å². The Morgan fingerprint density at radius 3 is 2.69 bits per heavy atom. The number of nitrogens with zero attached hydrogens (tertiary/aromatic N) is 5. The first kappa shape index (κ1) is 16.9. The molecule has 7 nitrogen and oxygen atoms in total. The molecule has 4 rings (SSSR count). The summed E-state index contributed by atoms with van der Waals surface area (Å²) < 4.78 is 7.33. The van der Waals surface area contributed by atoms with Gasteiger partial charge in [-0.25, -0.2) is 4.98 Å². The fourth-order valence-corrected chi connectivity index (χ4v) is 3.48. The van der Waals surface area contributed by atoms with Crippen LogP contribution in [-0.2, 0) is 4.74 Å². The molecule has 0 radical (unpaired) electrons. The van der Waals surface area contributed by atoms with E-state index in [2.05, 4.69) is 51.5 Å². The molecule has 1 N–H and O–H groups in total. The second kappa shape index (κ2) is 7.01. The monoisotopic (exact) mass is 352 g/mol. The van der Waals surface area contributed by atoms with Gasteiger partial charge < -0.3 is 15.0 Å². The third-order valence-corrected chi connectivity index (χ3v) is 5.29. The fraction of sp³-hybridized carbons (Fsp3) is 0.421. The lowest BCUT2D eigenvalue weighted by molar-refractivity contribution is -0.000681. The van der Waals surface area contributed by atoms with E-state index in [9.17, 15) is 0 Å². The van der Waals surface area contributed by atoms with Crippen LogP contribution in [0, 0.1) is 0 Å². The van der Waals surface area contributed by atoms with Crippen LogP contribution in [-0.4, -0.2) is 63.9 Å². The minimum atomic E-state index is 0.0708. The summed E-state index contributed by atoms with van der Waals surface area (Å²) in [5.41, 5.74) is 2.02. The maximum atomic E-state index is 5.57. The molecule has 2 aromatic heterocycles. The van der Waals surface area contributed by atoms with Gasteiger partial charge in [-0.15, -0.1) is 0 Å². The number of nitrogens with one attached hydrogen (secondary N) is 1. The summed E-state index contributed by atoms with van der Waals surface area (Å²) in [5, 5.41) is 7.93. The molecule has 1 aliphatic heterocycles. The summed E-state index contributed by atoms with van der Waals surface area (Å²) in [6, 6.07) is 12.2. The quantitative estimate of drug-likeness (QED) is 0.760. The highest BCUT2D eigenvalue weighted by Crippen LogP contribution is 2.27. The summed E-state index contributed by atoms with van der Waals surface area (Å²) in [4.78, 5) is 11.2. The molecule has 1 fully saturated rings. The summed E-state index contributed by atoms with van der Waals surface area (Å²) in [7, 11) is 4.28. The Morgan fingerprint density at radius 1 is 1.19 bits per heavy atom. The van der Waals surface area contributed by atoms with Crippen molar-refractivity contribution in [3.63, 3.8) is 0 Å². The van der Waals surface area contributed by atoms with Gasteiger partial charge in [-0.1, -0.05) is 30.3 Å². The lowest BCUT2D eigenvalue weighted by Gasteiger charge is -2.43.